The van der Waals surface area contributed by atoms with Gasteiger partial charge in [-0.1, -0.05) is 11.3 Å². The van der Waals surface area contributed by atoms with Gasteiger partial charge in [0.15, 0.2) is 12.2 Å². The third-order valence-electron chi connectivity index (χ3n) is 3.64. The summed E-state index contributed by atoms with van der Waals surface area (Å²) in [5.41, 5.74) is 10.4. The Bertz CT molecular complexity index is 906. The molecule has 0 aliphatic carbocycles. The van der Waals surface area contributed by atoms with Crippen molar-refractivity contribution in [1.82, 2.24) is 9.97 Å². The average molecular weight is 439 g/mol. The van der Waals surface area contributed by atoms with Gasteiger partial charge in [-0.2, -0.15) is 8.88 Å². The van der Waals surface area contributed by atoms with Crippen LogP contribution < -0.4 is 10.3 Å². The largest absolute Gasteiger partial charge is 0.481 e. The van der Waals surface area contributed by atoms with Crippen LogP contribution >= 0.6 is 27.0 Å². The molecule has 0 amide bonds. The van der Waals surface area contributed by atoms with Crippen LogP contribution in [0.2, 0.25) is 0 Å². The number of nitrogen functional groups attached to an aromatic ring is 1. The summed E-state index contributed by atoms with van der Waals surface area (Å²) in [4.78, 5) is 35.8. The summed E-state index contributed by atoms with van der Waals surface area (Å²) in [5.74, 6) is 1.02. The molecule has 2 aromatic rings. The monoisotopic (exact) mass is 439 g/mol. The maximum Gasteiger partial charge on any atom is 0.481 e. The molecule has 5 N–H and O–H groups in total. The van der Waals surface area contributed by atoms with E-state index in [2.05, 4.69) is 18.8 Å². The average Bonchev–Trinajstić information content (AvgIpc) is 2.81. The highest BCUT2D eigenvalue weighted by molar-refractivity contribution is 7.60. The number of phosphoric ester groups is 1. The minimum absolute atomic E-state index is 0.246. The van der Waals surface area contributed by atoms with Crippen molar-refractivity contribution in [1.29, 1.82) is 0 Å². The number of aryl methyl sites for hydroxylation is 2. The van der Waals surface area contributed by atoms with Gasteiger partial charge in [0.2, 0.25) is 5.51 Å². The van der Waals surface area contributed by atoms with E-state index in [4.69, 9.17) is 15.5 Å². The number of hydrogen-bond acceptors (Lipinski definition) is 8. The zero-order valence-corrected chi connectivity index (χ0v) is 17.5. The van der Waals surface area contributed by atoms with E-state index >= 15 is 0 Å². The van der Waals surface area contributed by atoms with Crippen molar-refractivity contribution in [3.8, 4) is 0 Å². The fourth-order valence-electron chi connectivity index (χ4n) is 2.39. The van der Waals surface area contributed by atoms with Crippen LogP contribution in [0, 0.1) is 20.8 Å². The zero-order valence-electron chi connectivity index (χ0n) is 14.9. The van der Waals surface area contributed by atoms with E-state index in [0.29, 0.717) is 18.2 Å². The van der Waals surface area contributed by atoms with Crippen molar-refractivity contribution in [2.45, 2.75) is 33.7 Å². The predicted octanol–water partition coefficient (Wildman–Crippen LogP) is 1.15. The van der Waals surface area contributed by atoms with Crippen molar-refractivity contribution in [3.05, 3.63) is 33.2 Å². The van der Waals surface area contributed by atoms with Crippen LogP contribution in [-0.2, 0) is 30.9 Å². The Kier molecular flexibility index (Phi) is 6.88. The number of hydrogen-bond donors (Lipinski definition) is 4. The number of aromatic nitrogens is 3. The fraction of sp³-hybridized carbons (Fsp3) is 0.462. The van der Waals surface area contributed by atoms with Crippen molar-refractivity contribution in [2.75, 3.05) is 12.3 Å². The van der Waals surface area contributed by atoms with Gasteiger partial charge in [-0.3, -0.25) is 4.52 Å². The van der Waals surface area contributed by atoms with Crippen LogP contribution in [0.1, 0.15) is 27.7 Å². The quantitative estimate of drug-likeness (QED) is 0.346. The smallest absolute Gasteiger partial charge is 0.383 e. The second-order valence-corrected chi connectivity index (χ2v) is 9.47. The third kappa shape index (κ3) is 6.41. The first kappa shape index (κ1) is 22.1. The van der Waals surface area contributed by atoms with Crippen molar-refractivity contribution in [3.63, 3.8) is 0 Å². The Morgan fingerprint density at radius 1 is 1.22 bits per heavy atom. The topological polar surface area (TPSA) is 169 Å². The zero-order chi connectivity index (χ0) is 20.4. The SMILES string of the molecule is Cc1nc(C)c(C[n+]2csc(CCOP(=O)(O)OP(=O)(O)O)c2C)c(N)n1. The summed E-state index contributed by atoms with van der Waals surface area (Å²) in [6, 6.07) is 0. The Balaban J connectivity index is 2.04. The molecule has 2 aromatic heterocycles. The molecule has 0 bridgehead atoms. The van der Waals surface area contributed by atoms with Crippen LogP contribution in [0.15, 0.2) is 5.51 Å². The van der Waals surface area contributed by atoms with Gasteiger partial charge in [0.1, 0.15) is 11.6 Å². The highest BCUT2D eigenvalue weighted by Crippen LogP contribution is 2.57. The van der Waals surface area contributed by atoms with E-state index in [1.807, 2.05) is 23.9 Å². The Morgan fingerprint density at radius 3 is 2.48 bits per heavy atom. The summed E-state index contributed by atoms with van der Waals surface area (Å²) >= 11 is 1.41. The first-order chi connectivity index (χ1) is 12.4. The van der Waals surface area contributed by atoms with E-state index in [1.165, 1.54) is 11.3 Å². The van der Waals surface area contributed by atoms with Gasteiger partial charge in [-0.25, -0.2) is 19.1 Å². The van der Waals surface area contributed by atoms with Gasteiger partial charge in [-0.15, -0.1) is 0 Å². The number of nitrogens with zero attached hydrogens (tertiary/aromatic N) is 3. The molecule has 0 saturated carbocycles. The van der Waals surface area contributed by atoms with Crippen LogP contribution in [-0.4, -0.2) is 31.3 Å². The number of thiazole rings is 1. The molecule has 14 heteroatoms. The molecular weight excluding hydrogens is 418 g/mol. The van der Waals surface area contributed by atoms with Crippen molar-refractivity contribution >= 4 is 32.8 Å². The molecule has 2 rings (SSSR count). The van der Waals surface area contributed by atoms with Gasteiger partial charge < -0.3 is 20.4 Å². The molecule has 0 aliphatic rings. The number of phosphoric acid groups is 2. The molecule has 1 atom stereocenters. The molecule has 11 nitrogen and oxygen atoms in total. The van der Waals surface area contributed by atoms with Gasteiger partial charge in [0.05, 0.1) is 22.7 Å². The van der Waals surface area contributed by atoms with E-state index < -0.39 is 15.6 Å². The Hall–Kier alpha value is -1.23. The molecular formula is C13H21N4O7P2S+. The second-order valence-electron chi connectivity index (χ2n) is 5.70. The molecule has 0 aliphatic heterocycles. The normalized spacial score (nSPS) is 14.3. The van der Waals surface area contributed by atoms with Crippen LogP contribution in [0.5, 0.6) is 0 Å². The lowest BCUT2D eigenvalue weighted by atomic mass is 10.2. The highest BCUT2D eigenvalue weighted by atomic mass is 32.1. The van der Waals surface area contributed by atoms with Gasteiger partial charge >= 0.3 is 15.6 Å². The summed E-state index contributed by atoms with van der Waals surface area (Å²) in [7, 11) is -9.95. The first-order valence-corrected chi connectivity index (χ1v) is 11.6. The molecule has 0 fully saturated rings. The molecule has 2 heterocycles. The third-order valence-corrected chi connectivity index (χ3v) is 6.96. The Labute approximate surface area is 159 Å². The summed E-state index contributed by atoms with van der Waals surface area (Å²) in [5, 5.41) is 0. The van der Waals surface area contributed by atoms with Gasteiger partial charge in [0, 0.05) is 13.3 Å². The molecule has 0 radical (unpaired) electrons. The standard InChI is InChI=1S/C13H20N4O7P2S/c1-8-11(13(14)16-10(3)15-8)6-17-7-27-12(9(17)2)4-5-23-26(21,22)24-25(18,19)20/h7H,4-6H2,1-3H3,(H4-,14,15,16,18,19,20,21,22)/p+1. The van der Waals surface area contributed by atoms with E-state index in [0.717, 1.165) is 21.8 Å². The Morgan fingerprint density at radius 2 is 1.89 bits per heavy atom. The van der Waals surface area contributed by atoms with Gasteiger partial charge in [0.25, 0.3) is 0 Å². The molecule has 150 valence electrons. The lowest BCUT2D eigenvalue weighted by Gasteiger charge is -2.11. The summed E-state index contributed by atoms with van der Waals surface area (Å²) in [6.45, 7) is 5.73. The lowest BCUT2D eigenvalue weighted by molar-refractivity contribution is -0.689. The van der Waals surface area contributed by atoms with Crippen molar-refractivity contribution < 1.29 is 37.2 Å². The molecule has 0 spiro atoms. The van der Waals surface area contributed by atoms with Crippen LogP contribution in [0.3, 0.4) is 0 Å². The van der Waals surface area contributed by atoms with E-state index in [1.54, 1.807) is 6.92 Å². The number of nitrogens with two attached hydrogens (primary N) is 1. The molecule has 1 unspecified atom stereocenters. The predicted molar refractivity (Wildman–Crippen MR) is 96.9 cm³/mol. The summed E-state index contributed by atoms with van der Waals surface area (Å²) < 4.78 is 32.4. The van der Waals surface area contributed by atoms with Crippen molar-refractivity contribution in [2.24, 2.45) is 0 Å². The lowest BCUT2D eigenvalue weighted by Crippen LogP contribution is -2.36. The van der Waals surface area contributed by atoms with Gasteiger partial charge in [-0.05, 0) is 13.8 Å². The van der Waals surface area contributed by atoms with Crippen LogP contribution in [0.25, 0.3) is 0 Å². The molecule has 0 aromatic carbocycles. The van der Waals surface area contributed by atoms with E-state index in [-0.39, 0.29) is 13.0 Å². The number of anilines is 1. The first-order valence-electron chi connectivity index (χ1n) is 7.68. The number of rotatable bonds is 8. The fourth-order valence-corrected chi connectivity index (χ4v) is 4.95. The molecule has 27 heavy (non-hydrogen) atoms. The maximum atomic E-state index is 11.4. The second kappa shape index (κ2) is 8.42. The minimum Gasteiger partial charge on any atom is -0.383 e. The van der Waals surface area contributed by atoms with E-state index in [9.17, 15) is 14.0 Å². The maximum absolute atomic E-state index is 11.4. The summed E-state index contributed by atoms with van der Waals surface area (Å²) in [6.07, 6.45) is 0.261. The minimum atomic E-state index is -5.12. The van der Waals surface area contributed by atoms with Crippen LogP contribution in [0.4, 0.5) is 5.82 Å². The highest BCUT2D eigenvalue weighted by Gasteiger charge is 2.32. The molecule has 0 saturated heterocycles.